The molecule has 1 aromatic rings. The zero-order valence-electron chi connectivity index (χ0n) is 10.9. The maximum Gasteiger partial charge on any atom is 0.0320 e. The van der Waals surface area contributed by atoms with Crippen molar-refractivity contribution in [1.29, 1.82) is 0 Å². The van der Waals surface area contributed by atoms with Crippen LogP contribution in [0.15, 0.2) is 30.3 Å². The van der Waals surface area contributed by atoms with Gasteiger partial charge in [-0.05, 0) is 30.6 Å². The maximum absolute atomic E-state index is 3.85. The third kappa shape index (κ3) is 3.49. The van der Waals surface area contributed by atoms with Gasteiger partial charge < -0.3 is 5.32 Å². The molecule has 1 aromatic carbocycles. The number of hydrogen-bond acceptors (Lipinski definition) is 2. The second-order valence-corrected chi connectivity index (χ2v) is 6.35. The summed E-state index contributed by atoms with van der Waals surface area (Å²) in [5.41, 5.74) is 1.43. The Bertz CT molecular complexity index is 325. The van der Waals surface area contributed by atoms with Crippen molar-refractivity contribution in [2.45, 2.75) is 50.4 Å². The molecule has 0 spiro atoms. The van der Waals surface area contributed by atoms with E-state index >= 15 is 0 Å². The van der Waals surface area contributed by atoms with Crippen LogP contribution >= 0.6 is 11.8 Å². The van der Waals surface area contributed by atoms with E-state index in [1.807, 2.05) is 0 Å². The fraction of sp³-hybridized carbons (Fsp3) is 0.600. The van der Waals surface area contributed by atoms with Gasteiger partial charge in [-0.2, -0.15) is 11.8 Å². The summed E-state index contributed by atoms with van der Waals surface area (Å²) >= 11 is 2.11. The maximum atomic E-state index is 3.85. The van der Waals surface area contributed by atoms with E-state index in [2.05, 4.69) is 61.3 Å². The molecule has 17 heavy (non-hydrogen) atoms. The average Bonchev–Trinajstić information content (AvgIpc) is 2.39. The van der Waals surface area contributed by atoms with E-state index in [1.165, 1.54) is 24.2 Å². The van der Waals surface area contributed by atoms with Gasteiger partial charge in [0, 0.05) is 17.3 Å². The molecule has 1 nitrogen and oxygen atoms in total. The first kappa shape index (κ1) is 13.0. The predicted molar refractivity (Wildman–Crippen MR) is 77.6 cm³/mol. The molecule has 0 amide bonds. The van der Waals surface area contributed by atoms with Crippen LogP contribution in [0.5, 0.6) is 0 Å². The fourth-order valence-corrected chi connectivity index (χ4v) is 3.69. The quantitative estimate of drug-likeness (QED) is 0.865. The van der Waals surface area contributed by atoms with Crippen LogP contribution < -0.4 is 5.32 Å². The first-order valence-electron chi connectivity index (χ1n) is 6.74. The van der Waals surface area contributed by atoms with Crippen LogP contribution in [0.1, 0.15) is 44.7 Å². The highest BCUT2D eigenvalue weighted by molar-refractivity contribution is 7.99. The van der Waals surface area contributed by atoms with Gasteiger partial charge in [0.1, 0.15) is 0 Å². The van der Waals surface area contributed by atoms with E-state index in [1.54, 1.807) is 0 Å². The minimum absolute atomic E-state index is 0.516. The van der Waals surface area contributed by atoms with Crippen LogP contribution in [0.4, 0.5) is 0 Å². The zero-order valence-corrected chi connectivity index (χ0v) is 11.7. The van der Waals surface area contributed by atoms with Crippen molar-refractivity contribution in [2.24, 2.45) is 0 Å². The van der Waals surface area contributed by atoms with Crippen LogP contribution in [0, 0.1) is 0 Å². The first-order valence-corrected chi connectivity index (χ1v) is 7.78. The highest BCUT2D eigenvalue weighted by atomic mass is 32.2. The van der Waals surface area contributed by atoms with Gasteiger partial charge in [0.05, 0.1) is 0 Å². The second-order valence-electron chi connectivity index (χ2n) is 4.86. The van der Waals surface area contributed by atoms with E-state index in [0.717, 1.165) is 11.7 Å². The van der Waals surface area contributed by atoms with Crippen molar-refractivity contribution in [3.05, 3.63) is 35.9 Å². The predicted octanol–water partition coefficient (Wildman–Crippen LogP) is 4.01. The van der Waals surface area contributed by atoms with Crippen molar-refractivity contribution in [3.63, 3.8) is 0 Å². The molecule has 1 aliphatic heterocycles. The molecule has 0 saturated carbocycles. The summed E-state index contributed by atoms with van der Waals surface area (Å²) in [7, 11) is 0. The lowest BCUT2D eigenvalue weighted by Crippen LogP contribution is -2.41. The minimum Gasteiger partial charge on any atom is -0.306 e. The van der Waals surface area contributed by atoms with Crippen LogP contribution in [0.3, 0.4) is 0 Å². The molecule has 0 aromatic heterocycles. The summed E-state index contributed by atoms with van der Waals surface area (Å²) in [4.78, 5) is 0. The Balaban J connectivity index is 1.99. The Labute approximate surface area is 109 Å². The first-order chi connectivity index (χ1) is 8.31. The number of nitrogens with one attached hydrogen (secondary N) is 1. The summed E-state index contributed by atoms with van der Waals surface area (Å²) in [5.74, 6) is 1.33. The molecule has 3 atom stereocenters. The second kappa shape index (κ2) is 6.46. The molecular weight excluding hydrogens is 226 g/mol. The lowest BCUT2D eigenvalue weighted by atomic mass is 10.0. The lowest BCUT2D eigenvalue weighted by molar-refractivity contribution is 0.395. The van der Waals surface area contributed by atoms with Crippen LogP contribution in [-0.2, 0) is 0 Å². The molecule has 2 heteroatoms. The molecule has 1 aliphatic rings. The van der Waals surface area contributed by atoms with Crippen molar-refractivity contribution in [1.82, 2.24) is 5.32 Å². The van der Waals surface area contributed by atoms with Gasteiger partial charge in [0.25, 0.3) is 0 Å². The topological polar surface area (TPSA) is 12.0 Å². The monoisotopic (exact) mass is 249 g/mol. The number of benzene rings is 1. The SMILES string of the molecule is CCC(NC1CCCSC1C)c1ccccc1. The Morgan fingerprint density at radius 3 is 2.76 bits per heavy atom. The average molecular weight is 249 g/mol. The molecular formula is C15H23NS. The molecule has 1 N–H and O–H groups in total. The number of rotatable bonds is 4. The zero-order chi connectivity index (χ0) is 12.1. The van der Waals surface area contributed by atoms with E-state index in [-0.39, 0.29) is 0 Å². The summed E-state index contributed by atoms with van der Waals surface area (Å²) in [5, 5.41) is 4.60. The Morgan fingerprint density at radius 1 is 1.35 bits per heavy atom. The normalized spacial score (nSPS) is 26.7. The third-order valence-electron chi connectivity index (χ3n) is 3.63. The van der Waals surface area contributed by atoms with Gasteiger partial charge in [-0.15, -0.1) is 0 Å². The molecule has 3 unspecified atom stereocenters. The summed E-state index contributed by atoms with van der Waals surface area (Å²) in [6.45, 7) is 4.63. The summed E-state index contributed by atoms with van der Waals surface area (Å²) in [6, 6.07) is 12.0. The highest BCUT2D eigenvalue weighted by Gasteiger charge is 2.24. The van der Waals surface area contributed by atoms with Crippen molar-refractivity contribution < 1.29 is 0 Å². The Kier molecular flexibility index (Phi) is 4.93. The van der Waals surface area contributed by atoms with E-state index < -0.39 is 0 Å². The number of thioether (sulfide) groups is 1. The highest BCUT2D eigenvalue weighted by Crippen LogP contribution is 2.28. The lowest BCUT2D eigenvalue weighted by Gasteiger charge is -2.33. The van der Waals surface area contributed by atoms with Gasteiger partial charge in [-0.25, -0.2) is 0 Å². The van der Waals surface area contributed by atoms with E-state index in [0.29, 0.717) is 12.1 Å². The smallest absolute Gasteiger partial charge is 0.0320 e. The third-order valence-corrected chi connectivity index (χ3v) is 5.01. The van der Waals surface area contributed by atoms with Crippen molar-refractivity contribution in [3.8, 4) is 0 Å². The largest absolute Gasteiger partial charge is 0.306 e. The van der Waals surface area contributed by atoms with Gasteiger partial charge in [0.15, 0.2) is 0 Å². The molecule has 1 saturated heterocycles. The molecule has 1 heterocycles. The molecule has 2 rings (SSSR count). The van der Waals surface area contributed by atoms with E-state index in [4.69, 9.17) is 0 Å². The summed E-state index contributed by atoms with van der Waals surface area (Å²) in [6.07, 6.45) is 3.85. The number of hydrogen-bond donors (Lipinski definition) is 1. The minimum atomic E-state index is 0.516. The molecule has 0 bridgehead atoms. The van der Waals surface area contributed by atoms with Gasteiger partial charge in [0.2, 0.25) is 0 Å². The van der Waals surface area contributed by atoms with E-state index in [9.17, 15) is 0 Å². The molecule has 1 fully saturated rings. The van der Waals surface area contributed by atoms with Crippen LogP contribution in [-0.4, -0.2) is 17.0 Å². The Morgan fingerprint density at radius 2 is 2.12 bits per heavy atom. The van der Waals surface area contributed by atoms with Gasteiger partial charge in [-0.3, -0.25) is 0 Å². The molecule has 0 aliphatic carbocycles. The fourth-order valence-electron chi connectivity index (χ4n) is 2.54. The van der Waals surface area contributed by atoms with Gasteiger partial charge >= 0.3 is 0 Å². The van der Waals surface area contributed by atoms with Gasteiger partial charge in [-0.1, -0.05) is 44.2 Å². The standard InChI is InChI=1S/C15H23NS/c1-3-14(13-8-5-4-6-9-13)16-15-10-7-11-17-12(15)2/h4-6,8-9,12,14-16H,3,7,10-11H2,1-2H3. The van der Waals surface area contributed by atoms with Crippen LogP contribution in [0.25, 0.3) is 0 Å². The Hall–Kier alpha value is -0.470. The summed E-state index contributed by atoms with van der Waals surface area (Å²) < 4.78 is 0. The molecule has 0 radical (unpaired) electrons. The van der Waals surface area contributed by atoms with Crippen LogP contribution in [0.2, 0.25) is 0 Å². The molecule has 94 valence electrons. The van der Waals surface area contributed by atoms with Crippen molar-refractivity contribution in [2.75, 3.05) is 5.75 Å². The van der Waals surface area contributed by atoms with Crippen molar-refractivity contribution >= 4 is 11.8 Å².